The van der Waals surface area contributed by atoms with Crippen LogP contribution in [0.5, 0.6) is 0 Å². The molecule has 1 amide bonds. The molecule has 0 bridgehead atoms. The zero-order valence-corrected chi connectivity index (χ0v) is 16.8. The molecule has 1 saturated heterocycles. The molecule has 150 valence electrons. The summed E-state index contributed by atoms with van der Waals surface area (Å²) in [5.41, 5.74) is 2.30. The zero-order chi connectivity index (χ0) is 19.6. The van der Waals surface area contributed by atoms with Gasteiger partial charge in [-0.2, -0.15) is 0 Å². The van der Waals surface area contributed by atoms with E-state index in [0.717, 1.165) is 36.9 Å². The number of piperidine rings is 1. The fourth-order valence-electron chi connectivity index (χ4n) is 3.65. The van der Waals surface area contributed by atoms with E-state index in [9.17, 15) is 4.79 Å². The standard InChI is InChI=1S/C24H31NO3/c1-2-3-16-25-22(19-27-17-20-10-6-4-7-11-20)23(14-15-24(25)26)28-18-21-12-8-5-9-13-21/h4-13,22-23H,2-3,14-19H2,1H3. The van der Waals surface area contributed by atoms with Crippen LogP contribution in [-0.4, -0.2) is 36.1 Å². The van der Waals surface area contributed by atoms with Crippen LogP contribution in [0.4, 0.5) is 0 Å². The summed E-state index contributed by atoms with van der Waals surface area (Å²) >= 11 is 0. The van der Waals surface area contributed by atoms with E-state index in [1.54, 1.807) is 0 Å². The fraction of sp³-hybridized carbons (Fsp3) is 0.458. The molecule has 1 aliphatic heterocycles. The molecule has 0 N–H and O–H groups in total. The molecule has 2 unspecified atom stereocenters. The van der Waals surface area contributed by atoms with Gasteiger partial charge in [0.1, 0.15) is 0 Å². The Labute approximate surface area is 168 Å². The Hall–Kier alpha value is -2.17. The maximum absolute atomic E-state index is 12.6. The molecule has 0 saturated carbocycles. The molecule has 2 aromatic rings. The lowest BCUT2D eigenvalue weighted by Gasteiger charge is -2.41. The maximum atomic E-state index is 12.6. The number of nitrogens with zero attached hydrogens (tertiary/aromatic N) is 1. The third-order valence-electron chi connectivity index (χ3n) is 5.25. The molecule has 0 spiro atoms. The maximum Gasteiger partial charge on any atom is 0.223 e. The van der Waals surface area contributed by atoms with Gasteiger partial charge in [0, 0.05) is 13.0 Å². The molecular formula is C24H31NO3. The molecule has 1 heterocycles. The van der Waals surface area contributed by atoms with Crippen LogP contribution in [0.2, 0.25) is 0 Å². The predicted molar refractivity (Wildman–Crippen MR) is 111 cm³/mol. The van der Waals surface area contributed by atoms with E-state index in [1.807, 2.05) is 41.3 Å². The van der Waals surface area contributed by atoms with E-state index >= 15 is 0 Å². The van der Waals surface area contributed by atoms with Gasteiger partial charge in [0.05, 0.1) is 32.0 Å². The minimum Gasteiger partial charge on any atom is -0.375 e. The van der Waals surface area contributed by atoms with Gasteiger partial charge in [0.25, 0.3) is 0 Å². The fourth-order valence-corrected chi connectivity index (χ4v) is 3.65. The van der Waals surface area contributed by atoms with Gasteiger partial charge in [0.15, 0.2) is 0 Å². The first kappa shape index (κ1) is 20.6. The molecule has 28 heavy (non-hydrogen) atoms. The van der Waals surface area contributed by atoms with Crippen molar-refractivity contribution in [3.63, 3.8) is 0 Å². The zero-order valence-electron chi connectivity index (χ0n) is 16.8. The van der Waals surface area contributed by atoms with Crippen molar-refractivity contribution in [2.24, 2.45) is 0 Å². The van der Waals surface area contributed by atoms with Gasteiger partial charge >= 0.3 is 0 Å². The molecule has 4 heteroatoms. The quantitative estimate of drug-likeness (QED) is 0.605. The van der Waals surface area contributed by atoms with Gasteiger partial charge in [-0.15, -0.1) is 0 Å². The Balaban J connectivity index is 1.63. The second kappa shape index (κ2) is 11.0. The van der Waals surface area contributed by atoms with Crippen LogP contribution in [0.25, 0.3) is 0 Å². The van der Waals surface area contributed by atoms with Crippen molar-refractivity contribution in [3.8, 4) is 0 Å². The number of likely N-dealkylation sites (tertiary alicyclic amines) is 1. The Morgan fingerprint density at radius 3 is 2.25 bits per heavy atom. The molecule has 2 aromatic carbocycles. The number of benzene rings is 2. The van der Waals surface area contributed by atoms with Gasteiger partial charge in [-0.05, 0) is 24.0 Å². The number of carbonyl (C=O) groups excluding carboxylic acids is 1. The van der Waals surface area contributed by atoms with Crippen LogP contribution in [0, 0.1) is 0 Å². The Kier molecular flexibility index (Phi) is 8.07. The van der Waals surface area contributed by atoms with Crippen LogP contribution in [0.3, 0.4) is 0 Å². The summed E-state index contributed by atoms with van der Waals surface area (Å²) < 4.78 is 12.3. The first-order chi connectivity index (χ1) is 13.8. The van der Waals surface area contributed by atoms with Gasteiger partial charge in [-0.25, -0.2) is 0 Å². The van der Waals surface area contributed by atoms with Crippen molar-refractivity contribution in [1.82, 2.24) is 4.90 Å². The summed E-state index contributed by atoms with van der Waals surface area (Å²) in [7, 11) is 0. The molecule has 0 aromatic heterocycles. The highest BCUT2D eigenvalue weighted by Crippen LogP contribution is 2.24. The van der Waals surface area contributed by atoms with Crippen LogP contribution in [-0.2, 0) is 27.5 Å². The van der Waals surface area contributed by atoms with Crippen molar-refractivity contribution in [2.75, 3.05) is 13.2 Å². The van der Waals surface area contributed by atoms with Gasteiger partial charge in [0.2, 0.25) is 5.91 Å². The van der Waals surface area contributed by atoms with E-state index in [0.29, 0.717) is 26.2 Å². The highest BCUT2D eigenvalue weighted by Gasteiger charge is 2.36. The molecule has 2 atom stereocenters. The summed E-state index contributed by atoms with van der Waals surface area (Å²) in [6.07, 6.45) is 3.39. The second-order valence-corrected chi connectivity index (χ2v) is 7.38. The monoisotopic (exact) mass is 381 g/mol. The van der Waals surface area contributed by atoms with E-state index < -0.39 is 0 Å². The molecule has 1 aliphatic rings. The van der Waals surface area contributed by atoms with Crippen molar-refractivity contribution in [1.29, 1.82) is 0 Å². The third kappa shape index (κ3) is 5.91. The SMILES string of the molecule is CCCCN1C(=O)CCC(OCc2ccccc2)C1COCc1ccccc1. The lowest BCUT2D eigenvalue weighted by Crippen LogP contribution is -2.54. The lowest BCUT2D eigenvalue weighted by molar-refractivity contribution is -0.150. The summed E-state index contributed by atoms with van der Waals surface area (Å²) in [5.74, 6) is 0.223. The van der Waals surface area contributed by atoms with Crippen molar-refractivity contribution in [2.45, 2.75) is 58.0 Å². The summed E-state index contributed by atoms with van der Waals surface area (Å²) in [4.78, 5) is 14.6. The lowest BCUT2D eigenvalue weighted by atomic mass is 9.98. The van der Waals surface area contributed by atoms with Crippen molar-refractivity contribution < 1.29 is 14.3 Å². The largest absolute Gasteiger partial charge is 0.375 e. The Morgan fingerprint density at radius 1 is 0.964 bits per heavy atom. The highest BCUT2D eigenvalue weighted by atomic mass is 16.5. The van der Waals surface area contributed by atoms with Crippen molar-refractivity contribution >= 4 is 5.91 Å². The number of carbonyl (C=O) groups is 1. The first-order valence-electron chi connectivity index (χ1n) is 10.3. The van der Waals surface area contributed by atoms with Crippen molar-refractivity contribution in [3.05, 3.63) is 71.8 Å². The third-order valence-corrected chi connectivity index (χ3v) is 5.25. The van der Waals surface area contributed by atoms with E-state index in [4.69, 9.17) is 9.47 Å². The average Bonchev–Trinajstić information content (AvgIpc) is 2.74. The number of hydrogen-bond donors (Lipinski definition) is 0. The Bertz CT molecular complexity index is 704. The molecular weight excluding hydrogens is 350 g/mol. The predicted octanol–water partition coefficient (Wildman–Crippen LogP) is 4.58. The molecule has 4 nitrogen and oxygen atoms in total. The van der Waals surface area contributed by atoms with Gasteiger partial charge in [-0.1, -0.05) is 74.0 Å². The number of rotatable bonds is 10. The summed E-state index contributed by atoms with van der Waals surface area (Å²) in [5, 5.41) is 0. The normalized spacial score (nSPS) is 19.8. The van der Waals surface area contributed by atoms with Crippen LogP contribution >= 0.6 is 0 Å². The van der Waals surface area contributed by atoms with E-state index in [-0.39, 0.29) is 18.1 Å². The average molecular weight is 382 g/mol. The van der Waals surface area contributed by atoms with Crippen LogP contribution < -0.4 is 0 Å². The minimum atomic E-state index is -0.0276. The van der Waals surface area contributed by atoms with E-state index in [2.05, 4.69) is 31.2 Å². The number of ether oxygens (including phenoxy) is 2. The molecule has 0 aliphatic carbocycles. The smallest absolute Gasteiger partial charge is 0.223 e. The number of unbranched alkanes of at least 4 members (excludes halogenated alkanes) is 1. The number of hydrogen-bond acceptors (Lipinski definition) is 3. The summed E-state index contributed by atoms with van der Waals surface area (Å²) in [6, 6.07) is 20.3. The molecule has 1 fully saturated rings. The highest BCUT2D eigenvalue weighted by molar-refractivity contribution is 5.77. The first-order valence-corrected chi connectivity index (χ1v) is 10.3. The van der Waals surface area contributed by atoms with Crippen LogP contribution in [0.15, 0.2) is 60.7 Å². The van der Waals surface area contributed by atoms with Gasteiger partial charge in [-0.3, -0.25) is 4.79 Å². The minimum absolute atomic E-state index is 0.00513. The molecule has 3 rings (SSSR count). The van der Waals surface area contributed by atoms with Crippen LogP contribution in [0.1, 0.15) is 43.7 Å². The molecule has 0 radical (unpaired) electrons. The summed E-state index contributed by atoms with van der Waals surface area (Å²) in [6.45, 7) is 4.55. The van der Waals surface area contributed by atoms with Gasteiger partial charge < -0.3 is 14.4 Å². The topological polar surface area (TPSA) is 38.8 Å². The second-order valence-electron chi connectivity index (χ2n) is 7.38. The van der Waals surface area contributed by atoms with E-state index in [1.165, 1.54) is 0 Å². The number of amides is 1. The Morgan fingerprint density at radius 2 is 1.61 bits per heavy atom.